The number of hydrogen-bond donors (Lipinski definition) is 2. The van der Waals surface area contributed by atoms with Gasteiger partial charge in [0.2, 0.25) is 5.91 Å². The van der Waals surface area contributed by atoms with Crippen molar-refractivity contribution in [2.24, 2.45) is 5.92 Å². The van der Waals surface area contributed by atoms with Gasteiger partial charge in [0.05, 0.1) is 0 Å². The lowest BCUT2D eigenvalue weighted by molar-refractivity contribution is -0.122. The molecule has 0 saturated heterocycles. The second-order valence-electron chi connectivity index (χ2n) is 5.27. The molecule has 0 aliphatic heterocycles. The van der Waals surface area contributed by atoms with Gasteiger partial charge in [-0.15, -0.1) is 0 Å². The third-order valence-corrected chi connectivity index (χ3v) is 2.95. The molecule has 2 N–H and O–H groups in total. The first-order chi connectivity index (χ1) is 8.90. The highest BCUT2D eigenvalue weighted by molar-refractivity contribution is 5.86. The number of nitrogens with one attached hydrogen (secondary N) is 1. The number of aromatic nitrogens is 1. The number of amides is 1. The molecule has 0 bridgehead atoms. The first kappa shape index (κ1) is 15.3. The number of carbonyl (C=O) groups is 2. The summed E-state index contributed by atoms with van der Waals surface area (Å²) in [5, 5.41) is 11.8. The molecule has 0 aromatic carbocycles. The van der Waals surface area contributed by atoms with E-state index in [1.165, 1.54) is 10.6 Å². The Morgan fingerprint density at radius 2 is 2.00 bits per heavy atom. The van der Waals surface area contributed by atoms with Gasteiger partial charge in [-0.2, -0.15) is 0 Å². The second-order valence-corrected chi connectivity index (χ2v) is 5.27. The Morgan fingerprint density at radius 1 is 1.32 bits per heavy atom. The van der Waals surface area contributed by atoms with Crippen LogP contribution in [0.1, 0.15) is 44.1 Å². The van der Waals surface area contributed by atoms with Crippen molar-refractivity contribution in [3.63, 3.8) is 0 Å². The number of carboxylic acid groups (broad SMARTS) is 1. The Balaban J connectivity index is 2.46. The Morgan fingerprint density at radius 3 is 2.58 bits per heavy atom. The molecule has 1 amide bonds. The third kappa shape index (κ3) is 5.16. The number of hydrogen-bond acceptors (Lipinski definition) is 2. The molecule has 106 valence electrons. The summed E-state index contributed by atoms with van der Waals surface area (Å²) >= 11 is 0. The van der Waals surface area contributed by atoms with Crippen LogP contribution >= 0.6 is 0 Å². The highest BCUT2D eigenvalue weighted by Crippen LogP contribution is 2.07. The maximum absolute atomic E-state index is 11.8. The standard InChI is InChI=1S/C14H22N2O3/c1-10(2)6-7-11(3)15-13(17)9-16-8-4-5-12(16)14(18)19/h4-5,8,10-11H,6-7,9H2,1-3H3,(H,15,17)(H,18,19). The van der Waals surface area contributed by atoms with Crippen molar-refractivity contribution in [1.29, 1.82) is 0 Å². The SMILES string of the molecule is CC(C)CCC(C)NC(=O)Cn1cccc1C(=O)O. The van der Waals surface area contributed by atoms with Crippen LogP contribution in [0.25, 0.3) is 0 Å². The van der Waals surface area contributed by atoms with E-state index in [1.54, 1.807) is 12.3 Å². The fourth-order valence-electron chi connectivity index (χ4n) is 1.88. The third-order valence-electron chi connectivity index (χ3n) is 2.95. The average molecular weight is 266 g/mol. The highest BCUT2D eigenvalue weighted by atomic mass is 16.4. The number of nitrogens with zero attached hydrogens (tertiary/aromatic N) is 1. The summed E-state index contributed by atoms with van der Waals surface area (Å²) in [5.74, 6) is -0.567. The molecule has 1 aromatic heterocycles. The number of carboxylic acids is 1. The van der Waals surface area contributed by atoms with Gasteiger partial charge in [0.1, 0.15) is 12.2 Å². The first-order valence-corrected chi connectivity index (χ1v) is 6.58. The summed E-state index contributed by atoms with van der Waals surface area (Å²) in [6, 6.07) is 3.22. The minimum Gasteiger partial charge on any atom is -0.477 e. The Labute approximate surface area is 113 Å². The lowest BCUT2D eigenvalue weighted by atomic mass is 10.0. The lowest BCUT2D eigenvalue weighted by Gasteiger charge is -2.15. The zero-order valence-electron chi connectivity index (χ0n) is 11.7. The molecule has 1 unspecified atom stereocenters. The quantitative estimate of drug-likeness (QED) is 0.794. The summed E-state index contributed by atoms with van der Waals surface area (Å²) < 4.78 is 1.44. The first-order valence-electron chi connectivity index (χ1n) is 6.58. The summed E-state index contributed by atoms with van der Waals surface area (Å²) in [7, 11) is 0. The van der Waals surface area contributed by atoms with Crippen molar-refractivity contribution in [2.45, 2.75) is 46.2 Å². The number of aromatic carboxylic acids is 1. The predicted molar refractivity (Wildman–Crippen MR) is 73.1 cm³/mol. The Bertz CT molecular complexity index is 438. The van der Waals surface area contributed by atoms with Crippen LogP contribution in [0.5, 0.6) is 0 Å². The van der Waals surface area contributed by atoms with E-state index in [2.05, 4.69) is 19.2 Å². The Kier molecular flexibility index (Phi) is 5.60. The molecule has 0 aliphatic carbocycles. The fourth-order valence-corrected chi connectivity index (χ4v) is 1.88. The monoisotopic (exact) mass is 266 g/mol. The molecule has 1 heterocycles. The maximum atomic E-state index is 11.8. The van der Waals surface area contributed by atoms with Gasteiger partial charge in [-0.25, -0.2) is 4.79 Å². The van der Waals surface area contributed by atoms with Crippen LogP contribution < -0.4 is 5.32 Å². The molecule has 0 spiro atoms. The van der Waals surface area contributed by atoms with E-state index in [9.17, 15) is 9.59 Å². The zero-order chi connectivity index (χ0) is 14.4. The summed E-state index contributed by atoms with van der Waals surface area (Å²) in [6.07, 6.45) is 3.59. The largest absolute Gasteiger partial charge is 0.477 e. The van der Waals surface area contributed by atoms with E-state index in [0.717, 1.165) is 12.8 Å². The molecule has 19 heavy (non-hydrogen) atoms. The molecule has 1 atom stereocenters. The van der Waals surface area contributed by atoms with Gasteiger partial charge in [0.25, 0.3) is 0 Å². The van der Waals surface area contributed by atoms with Crippen molar-refractivity contribution < 1.29 is 14.7 Å². The minimum absolute atomic E-state index is 0.0423. The molecule has 5 nitrogen and oxygen atoms in total. The van der Waals surface area contributed by atoms with E-state index < -0.39 is 5.97 Å². The molecule has 5 heteroatoms. The van der Waals surface area contributed by atoms with E-state index in [1.807, 2.05) is 6.92 Å². The number of rotatable bonds is 7. The van der Waals surface area contributed by atoms with Crippen LogP contribution in [0.2, 0.25) is 0 Å². The minimum atomic E-state index is -1.02. The second kappa shape index (κ2) is 6.97. The topological polar surface area (TPSA) is 71.3 Å². The van der Waals surface area contributed by atoms with Gasteiger partial charge >= 0.3 is 5.97 Å². The smallest absolute Gasteiger partial charge is 0.352 e. The predicted octanol–water partition coefficient (Wildman–Crippen LogP) is 2.13. The molecule has 0 saturated carbocycles. The van der Waals surface area contributed by atoms with Crippen LogP contribution in [0.15, 0.2) is 18.3 Å². The highest BCUT2D eigenvalue weighted by Gasteiger charge is 2.13. The lowest BCUT2D eigenvalue weighted by Crippen LogP contribution is -2.35. The molecule has 0 radical (unpaired) electrons. The molecule has 0 aliphatic rings. The van der Waals surface area contributed by atoms with Gasteiger partial charge in [-0.05, 0) is 37.8 Å². The van der Waals surface area contributed by atoms with Crippen molar-refractivity contribution in [3.8, 4) is 0 Å². The van der Waals surface area contributed by atoms with Gasteiger partial charge in [-0.3, -0.25) is 4.79 Å². The van der Waals surface area contributed by atoms with Gasteiger partial charge < -0.3 is 15.0 Å². The summed E-state index contributed by atoms with van der Waals surface area (Å²) in [4.78, 5) is 22.7. The van der Waals surface area contributed by atoms with Gasteiger partial charge in [-0.1, -0.05) is 13.8 Å². The molecular weight excluding hydrogens is 244 g/mol. The summed E-state index contributed by atoms with van der Waals surface area (Å²) in [6.45, 7) is 6.30. The van der Waals surface area contributed by atoms with Crippen molar-refractivity contribution in [2.75, 3.05) is 0 Å². The van der Waals surface area contributed by atoms with E-state index >= 15 is 0 Å². The zero-order valence-corrected chi connectivity index (χ0v) is 11.7. The van der Waals surface area contributed by atoms with Crippen LogP contribution in [0.4, 0.5) is 0 Å². The molecule has 0 fully saturated rings. The van der Waals surface area contributed by atoms with Crippen LogP contribution in [-0.2, 0) is 11.3 Å². The van der Waals surface area contributed by atoms with E-state index in [-0.39, 0.29) is 24.2 Å². The van der Waals surface area contributed by atoms with Crippen LogP contribution in [0.3, 0.4) is 0 Å². The maximum Gasteiger partial charge on any atom is 0.352 e. The van der Waals surface area contributed by atoms with Gasteiger partial charge in [0.15, 0.2) is 0 Å². The molecular formula is C14H22N2O3. The van der Waals surface area contributed by atoms with Crippen LogP contribution in [-0.4, -0.2) is 27.6 Å². The fraction of sp³-hybridized carbons (Fsp3) is 0.571. The Hall–Kier alpha value is -1.78. The van der Waals surface area contributed by atoms with E-state index in [0.29, 0.717) is 5.92 Å². The summed E-state index contributed by atoms with van der Waals surface area (Å²) in [5.41, 5.74) is 0.130. The number of carbonyl (C=O) groups excluding carboxylic acids is 1. The van der Waals surface area contributed by atoms with Crippen molar-refractivity contribution in [1.82, 2.24) is 9.88 Å². The van der Waals surface area contributed by atoms with Crippen molar-refractivity contribution in [3.05, 3.63) is 24.0 Å². The normalized spacial score (nSPS) is 12.4. The van der Waals surface area contributed by atoms with Crippen molar-refractivity contribution >= 4 is 11.9 Å². The van der Waals surface area contributed by atoms with Gasteiger partial charge in [0, 0.05) is 12.2 Å². The van der Waals surface area contributed by atoms with Crippen LogP contribution in [0, 0.1) is 5.92 Å². The average Bonchev–Trinajstić information content (AvgIpc) is 2.74. The molecule has 1 aromatic rings. The van der Waals surface area contributed by atoms with E-state index in [4.69, 9.17) is 5.11 Å². The molecule has 1 rings (SSSR count).